The Morgan fingerprint density at radius 1 is 1.03 bits per heavy atom. The SMILES string of the molecule is CO[C@@H](CCOC(=O)CS)[C@@H](OC(=O)Nc1cccc2ccccc12)c1ccc(O)cc1. The first-order chi connectivity index (χ1) is 15.5. The first-order valence-electron chi connectivity index (χ1n) is 10.1. The lowest BCUT2D eigenvalue weighted by atomic mass is 10.0. The number of aromatic hydroxyl groups is 1. The van der Waals surface area contributed by atoms with Crippen molar-refractivity contribution in [2.45, 2.75) is 18.6 Å². The molecule has 0 unspecified atom stereocenters. The number of benzene rings is 3. The van der Waals surface area contributed by atoms with Gasteiger partial charge in [-0.25, -0.2) is 4.79 Å². The molecule has 0 bridgehead atoms. The van der Waals surface area contributed by atoms with Gasteiger partial charge in [-0.15, -0.1) is 0 Å². The van der Waals surface area contributed by atoms with E-state index in [-0.39, 0.29) is 18.1 Å². The molecule has 0 aliphatic rings. The predicted molar refractivity (Wildman–Crippen MR) is 125 cm³/mol. The van der Waals surface area contributed by atoms with Crippen LogP contribution in [-0.4, -0.2) is 42.7 Å². The normalized spacial score (nSPS) is 12.7. The molecular weight excluding hydrogens is 430 g/mol. The van der Waals surface area contributed by atoms with Crippen LogP contribution in [0.5, 0.6) is 5.75 Å². The maximum Gasteiger partial charge on any atom is 0.412 e. The molecule has 0 aliphatic carbocycles. The summed E-state index contributed by atoms with van der Waals surface area (Å²) >= 11 is 3.88. The summed E-state index contributed by atoms with van der Waals surface area (Å²) in [6.07, 6.45) is -1.76. The fourth-order valence-corrected chi connectivity index (χ4v) is 3.43. The number of carbonyl (C=O) groups is 2. The molecule has 2 atom stereocenters. The summed E-state index contributed by atoms with van der Waals surface area (Å²) in [5.74, 6) is -0.383. The average molecular weight is 456 g/mol. The number of nitrogens with one attached hydrogen (secondary N) is 1. The zero-order chi connectivity index (χ0) is 22.9. The molecule has 3 rings (SSSR count). The van der Waals surface area contributed by atoms with E-state index in [0.717, 1.165) is 10.8 Å². The van der Waals surface area contributed by atoms with Gasteiger partial charge >= 0.3 is 12.1 Å². The van der Waals surface area contributed by atoms with Crippen LogP contribution in [0.1, 0.15) is 18.1 Å². The molecule has 8 heteroatoms. The number of phenols is 1. The van der Waals surface area contributed by atoms with Crippen molar-refractivity contribution < 1.29 is 28.9 Å². The van der Waals surface area contributed by atoms with Crippen LogP contribution < -0.4 is 5.32 Å². The standard InChI is InChI=1S/C24H25NO6S/c1-29-21(13-14-30-22(27)15-32)23(17-9-11-18(26)12-10-17)31-24(28)25-20-8-4-6-16-5-2-3-7-19(16)20/h2-12,21,23,26,32H,13-15H2,1H3,(H,25,28)/t21-,23-/m0/s1. The molecule has 0 saturated carbocycles. The van der Waals surface area contributed by atoms with Crippen molar-refractivity contribution in [3.63, 3.8) is 0 Å². The van der Waals surface area contributed by atoms with Crippen LogP contribution >= 0.6 is 12.6 Å². The summed E-state index contributed by atoms with van der Waals surface area (Å²) in [4.78, 5) is 24.2. The zero-order valence-electron chi connectivity index (χ0n) is 17.6. The Labute approximate surface area is 191 Å². The van der Waals surface area contributed by atoms with Gasteiger partial charge in [0.25, 0.3) is 0 Å². The van der Waals surface area contributed by atoms with Gasteiger partial charge in [-0.05, 0) is 29.1 Å². The number of anilines is 1. The van der Waals surface area contributed by atoms with E-state index in [0.29, 0.717) is 17.7 Å². The molecule has 0 aromatic heterocycles. The highest BCUT2D eigenvalue weighted by molar-refractivity contribution is 7.81. The fraction of sp³-hybridized carbons (Fsp3) is 0.250. The lowest BCUT2D eigenvalue weighted by molar-refractivity contribution is -0.141. The second-order valence-electron chi connectivity index (χ2n) is 7.01. The first kappa shape index (κ1) is 23.4. The molecule has 3 aromatic carbocycles. The molecule has 2 N–H and O–H groups in total. The van der Waals surface area contributed by atoms with Crippen molar-refractivity contribution in [2.24, 2.45) is 0 Å². The summed E-state index contributed by atoms with van der Waals surface area (Å²) in [5.41, 5.74) is 1.25. The second kappa shape index (κ2) is 11.4. The number of amides is 1. The van der Waals surface area contributed by atoms with Gasteiger partial charge in [0.15, 0.2) is 6.10 Å². The average Bonchev–Trinajstić information content (AvgIpc) is 2.81. The van der Waals surface area contributed by atoms with Crippen LogP contribution in [0, 0.1) is 0 Å². The molecule has 0 heterocycles. The molecule has 0 radical (unpaired) electrons. The van der Waals surface area contributed by atoms with Gasteiger partial charge in [0.1, 0.15) is 11.9 Å². The van der Waals surface area contributed by atoms with Gasteiger partial charge in [0.2, 0.25) is 0 Å². The lowest BCUT2D eigenvalue weighted by Gasteiger charge is -2.26. The number of esters is 1. The Morgan fingerprint density at radius 2 is 1.75 bits per heavy atom. The summed E-state index contributed by atoms with van der Waals surface area (Å²) in [6, 6.07) is 19.6. The largest absolute Gasteiger partial charge is 0.508 e. The molecule has 32 heavy (non-hydrogen) atoms. The van der Waals surface area contributed by atoms with E-state index < -0.39 is 24.3 Å². The lowest BCUT2D eigenvalue weighted by Crippen LogP contribution is -2.29. The van der Waals surface area contributed by atoms with Gasteiger partial charge in [-0.2, -0.15) is 12.6 Å². The maximum absolute atomic E-state index is 12.8. The Hall–Kier alpha value is -3.23. The van der Waals surface area contributed by atoms with Gasteiger partial charge in [-0.3, -0.25) is 10.1 Å². The van der Waals surface area contributed by atoms with E-state index in [1.165, 1.54) is 19.2 Å². The third-order valence-corrected chi connectivity index (χ3v) is 5.18. The molecule has 168 valence electrons. The van der Waals surface area contributed by atoms with E-state index in [2.05, 4.69) is 17.9 Å². The van der Waals surface area contributed by atoms with E-state index >= 15 is 0 Å². The number of hydrogen-bond acceptors (Lipinski definition) is 7. The van der Waals surface area contributed by atoms with Crippen molar-refractivity contribution in [3.05, 3.63) is 72.3 Å². The number of phenolic OH excluding ortho intramolecular Hbond substituents is 1. The van der Waals surface area contributed by atoms with Crippen LogP contribution in [-0.2, 0) is 19.0 Å². The molecule has 0 aliphatic heterocycles. The van der Waals surface area contributed by atoms with Crippen molar-refractivity contribution in [3.8, 4) is 5.75 Å². The minimum absolute atomic E-state index is 0.0248. The molecule has 1 amide bonds. The van der Waals surface area contributed by atoms with E-state index in [9.17, 15) is 14.7 Å². The van der Waals surface area contributed by atoms with Gasteiger partial charge in [-0.1, -0.05) is 48.5 Å². The highest BCUT2D eigenvalue weighted by Gasteiger charge is 2.28. The van der Waals surface area contributed by atoms with Crippen LogP contribution in [0.25, 0.3) is 10.8 Å². The van der Waals surface area contributed by atoms with Crippen LogP contribution in [0.15, 0.2) is 66.7 Å². The topological polar surface area (TPSA) is 94.1 Å². The Bertz CT molecular complexity index is 1050. The Morgan fingerprint density at radius 3 is 2.47 bits per heavy atom. The van der Waals surface area contributed by atoms with Crippen molar-refractivity contribution in [1.29, 1.82) is 0 Å². The monoisotopic (exact) mass is 455 g/mol. The molecule has 0 spiro atoms. The number of fused-ring (bicyclic) bond motifs is 1. The van der Waals surface area contributed by atoms with Crippen molar-refractivity contribution >= 4 is 41.2 Å². The maximum atomic E-state index is 12.8. The third-order valence-electron chi connectivity index (χ3n) is 4.92. The molecule has 0 fully saturated rings. The fourth-order valence-electron chi connectivity index (χ4n) is 3.34. The van der Waals surface area contributed by atoms with Gasteiger partial charge in [0, 0.05) is 18.9 Å². The quantitative estimate of drug-likeness (QED) is 0.320. The number of methoxy groups -OCH3 is 1. The minimum atomic E-state index is -0.801. The first-order valence-corrected chi connectivity index (χ1v) is 10.7. The van der Waals surface area contributed by atoms with Crippen LogP contribution in [0.4, 0.5) is 10.5 Å². The zero-order valence-corrected chi connectivity index (χ0v) is 18.5. The summed E-state index contributed by atoms with van der Waals surface area (Å²) < 4.78 is 16.4. The number of rotatable bonds is 9. The Balaban J connectivity index is 1.78. The van der Waals surface area contributed by atoms with E-state index in [4.69, 9.17) is 14.2 Å². The number of ether oxygens (including phenoxy) is 3. The minimum Gasteiger partial charge on any atom is -0.508 e. The summed E-state index contributed by atoms with van der Waals surface area (Å²) in [5, 5.41) is 14.3. The molecule has 0 saturated heterocycles. The highest BCUT2D eigenvalue weighted by atomic mass is 32.1. The number of carbonyl (C=O) groups excluding carboxylic acids is 2. The predicted octanol–water partition coefficient (Wildman–Crippen LogP) is 4.71. The highest BCUT2D eigenvalue weighted by Crippen LogP contribution is 2.29. The van der Waals surface area contributed by atoms with Gasteiger partial charge < -0.3 is 19.3 Å². The number of thiol groups is 1. The molecule has 3 aromatic rings. The summed E-state index contributed by atoms with van der Waals surface area (Å²) in [6.45, 7) is 0.0841. The number of hydrogen-bond donors (Lipinski definition) is 3. The Kier molecular flexibility index (Phi) is 8.35. The van der Waals surface area contributed by atoms with E-state index in [1.807, 2.05) is 36.4 Å². The van der Waals surface area contributed by atoms with Crippen LogP contribution in [0.3, 0.4) is 0 Å². The van der Waals surface area contributed by atoms with Crippen molar-refractivity contribution in [1.82, 2.24) is 0 Å². The van der Waals surface area contributed by atoms with E-state index in [1.54, 1.807) is 18.2 Å². The molecular formula is C24H25NO6S. The molecule has 7 nitrogen and oxygen atoms in total. The van der Waals surface area contributed by atoms with Crippen LogP contribution in [0.2, 0.25) is 0 Å². The van der Waals surface area contributed by atoms with Gasteiger partial charge in [0.05, 0.1) is 18.0 Å². The smallest absolute Gasteiger partial charge is 0.412 e. The van der Waals surface area contributed by atoms with Crippen molar-refractivity contribution in [2.75, 3.05) is 24.8 Å². The third kappa shape index (κ3) is 6.15. The second-order valence-corrected chi connectivity index (χ2v) is 7.33. The summed E-state index contributed by atoms with van der Waals surface area (Å²) in [7, 11) is 1.49.